The number of hydrogen-bond donors (Lipinski definition) is 0. The van der Waals surface area contributed by atoms with Gasteiger partial charge < -0.3 is 9.80 Å². The van der Waals surface area contributed by atoms with Crippen molar-refractivity contribution in [2.75, 3.05) is 44.7 Å². The predicted octanol–water partition coefficient (Wildman–Crippen LogP) is 1.000. The highest BCUT2D eigenvalue weighted by Crippen LogP contribution is 2.26. The minimum absolute atomic E-state index is 0.112. The molecule has 1 aromatic rings. The maximum absolute atomic E-state index is 13.3. The monoisotopic (exact) mass is 407 g/mol. The first-order valence-electron chi connectivity index (χ1n) is 9.88. The third-order valence-electron chi connectivity index (χ3n) is 5.50. The lowest BCUT2D eigenvalue weighted by Gasteiger charge is -2.38. The molecular formula is C20H29N3O4S. The molecule has 7 nitrogen and oxygen atoms in total. The molecule has 8 heteroatoms. The molecule has 1 saturated heterocycles. The number of hydrogen-bond acceptors (Lipinski definition) is 5. The molecule has 0 saturated carbocycles. The molecule has 0 unspecified atom stereocenters. The second-order valence-electron chi connectivity index (χ2n) is 7.69. The summed E-state index contributed by atoms with van der Waals surface area (Å²) in [5, 5.41) is 0. The second kappa shape index (κ2) is 8.61. The van der Waals surface area contributed by atoms with Gasteiger partial charge in [-0.15, -0.1) is 0 Å². The maximum Gasteiger partial charge on any atom is 0.255 e. The van der Waals surface area contributed by atoms with Gasteiger partial charge in [0.25, 0.3) is 5.91 Å². The smallest absolute Gasteiger partial charge is 0.255 e. The largest absolute Gasteiger partial charge is 0.338 e. The molecule has 2 aliphatic heterocycles. The van der Waals surface area contributed by atoms with Crippen LogP contribution in [0.3, 0.4) is 0 Å². The van der Waals surface area contributed by atoms with Crippen molar-refractivity contribution in [3.8, 4) is 0 Å². The van der Waals surface area contributed by atoms with Crippen LogP contribution in [0, 0.1) is 0 Å². The van der Waals surface area contributed by atoms with Crippen LogP contribution >= 0.6 is 0 Å². The fourth-order valence-electron chi connectivity index (χ4n) is 3.99. The number of carbonyl (C=O) groups is 2. The van der Waals surface area contributed by atoms with E-state index in [-0.39, 0.29) is 24.0 Å². The fraction of sp³-hybridized carbons (Fsp3) is 0.600. The summed E-state index contributed by atoms with van der Waals surface area (Å²) in [5.41, 5.74) is 1.49. The van der Waals surface area contributed by atoms with Crippen LogP contribution in [0.15, 0.2) is 24.3 Å². The van der Waals surface area contributed by atoms with E-state index in [1.54, 1.807) is 21.9 Å². The Hall–Kier alpha value is -1.93. The molecule has 1 atom stereocenters. The molecule has 0 bridgehead atoms. The van der Waals surface area contributed by atoms with Gasteiger partial charge in [-0.2, -0.15) is 0 Å². The van der Waals surface area contributed by atoms with Crippen molar-refractivity contribution in [2.24, 2.45) is 0 Å². The summed E-state index contributed by atoms with van der Waals surface area (Å²) in [7, 11) is -3.23. The standard InChI is InChI=1S/C20H29N3O4S/c1-3-9-21-10-12-22(13-11-21)20(25)18(8-14-28(2,26)27)23-15-16-6-4-5-7-17(16)19(23)24/h4-7,18H,3,8-15H2,1-2H3/t18-/m0/s1. The lowest BCUT2D eigenvalue weighted by atomic mass is 10.1. The summed E-state index contributed by atoms with van der Waals surface area (Å²) in [4.78, 5) is 31.8. The van der Waals surface area contributed by atoms with Crippen LogP contribution in [0.5, 0.6) is 0 Å². The Morgan fingerprint density at radius 3 is 2.43 bits per heavy atom. The van der Waals surface area contributed by atoms with E-state index in [1.807, 2.05) is 12.1 Å². The lowest BCUT2D eigenvalue weighted by Crippen LogP contribution is -2.55. The fourth-order valence-corrected chi connectivity index (χ4v) is 4.64. The molecule has 0 aromatic heterocycles. The molecule has 0 radical (unpaired) electrons. The number of amides is 2. The predicted molar refractivity (Wildman–Crippen MR) is 108 cm³/mol. The van der Waals surface area contributed by atoms with Crippen LogP contribution in [0.1, 0.15) is 35.7 Å². The zero-order chi connectivity index (χ0) is 20.3. The van der Waals surface area contributed by atoms with Gasteiger partial charge in [0.1, 0.15) is 15.9 Å². The van der Waals surface area contributed by atoms with Gasteiger partial charge in [0.2, 0.25) is 5.91 Å². The summed E-state index contributed by atoms with van der Waals surface area (Å²) in [6.45, 7) is 6.35. The molecule has 154 valence electrons. The van der Waals surface area contributed by atoms with Crippen LogP contribution in [-0.2, 0) is 21.2 Å². The highest BCUT2D eigenvalue weighted by molar-refractivity contribution is 7.90. The molecule has 1 fully saturated rings. The van der Waals surface area contributed by atoms with Crippen molar-refractivity contribution in [3.63, 3.8) is 0 Å². The van der Waals surface area contributed by atoms with Crippen molar-refractivity contribution in [2.45, 2.75) is 32.4 Å². The van der Waals surface area contributed by atoms with Crippen molar-refractivity contribution >= 4 is 21.7 Å². The van der Waals surface area contributed by atoms with Gasteiger partial charge in [0, 0.05) is 44.5 Å². The number of nitrogens with zero attached hydrogens (tertiary/aromatic N) is 3. The van der Waals surface area contributed by atoms with Crippen LogP contribution in [-0.4, -0.2) is 85.7 Å². The Bertz CT molecular complexity index is 832. The van der Waals surface area contributed by atoms with Crippen LogP contribution in [0.25, 0.3) is 0 Å². The minimum Gasteiger partial charge on any atom is -0.338 e. The molecule has 1 aromatic carbocycles. The van der Waals surface area contributed by atoms with E-state index in [0.29, 0.717) is 25.2 Å². The quantitative estimate of drug-likeness (QED) is 0.674. The molecule has 0 spiro atoms. The van der Waals surface area contributed by atoms with Crippen LogP contribution < -0.4 is 0 Å². The van der Waals surface area contributed by atoms with Crippen molar-refractivity contribution in [1.29, 1.82) is 0 Å². The highest BCUT2D eigenvalue weighted by atomic mass is 32.2. The Labute approximate surface area is 167 Å². The number of fused-ring (bicyclic) bond motifs is 1. The number of sulfone groups is 1. The summed E-state index contributed by atoms with van der Waals surface area (Å²) >= 11 is 0. The molecule has 2 amide bonds. The number of rotatable bonds is 7. The van der Waals surface area contributed by atoms with Gasteiger partial charge in [0.05, 0.1) is 5.75 Å². The first kappa shape index (κ1) is 20.8. The van der Waals surface area contributed by atoms with Crippen molar-refractivity contribution in [3.05, 3.63) is 35.4 Å². The Morgan fingerprint density at radius 2 is 1.82 bits per heavy atom. The molecule has 2 heterocycles. The molecule has 2 aliphatic rings. The zero-order valence-corrected chi connectivity index (χ0v) is 17.5. The van der Waals surface area contributed by atoms with E-state index in [9.17, 15) is 18.0 Å². The van der Waals surface area contributed by atoms with E-state index in [4.69, 9.17) is 0 Å². The average Bonchev–Trinajstić information content (AvgIpc) is 2.99. The summed E-state index contributed by atoms with van der Waals surface area (Å²) in [6.07, 6.45) is 2.37. The van der Waals surface area contributed by atoms with Gasteiger partial charge in [-0.05, 0) is 31.0 Å². The zero-order valence-electron chi connectivity index (χ0n) is 16.6. The number of benzene rings is 1. The SMILES string of the molecule is CCCN1CCN(C(=O)[C@H](CCS(C)(=O)=O)N2Cc3ccccc3C2=O)CC1. The first-order chi connectivity index (χ1) is 13.3. The van der Waals surface area contributed by atoms with Crippen molar-refractivity contribution < 1.29 is 18.0 Å². The maximum atomic E-state index is 13.3. The third kappa shape index (κ3) is 4.72. The third-order valence-corrected chi connectivity index (χ3v) is 6.47. The lowest BCUT2D eigenvalue weighted by molar-refractivity contribution is -0.138. The Morgan fingerprint density at radius 1 is 1.14 bits per heavy atom. The van der Waals surface area contributed by atoms with Gasteiger partial charge >= 0.3 is 0 Å². The molecule has 28 heavy (non-hydrogen) atoms. The minimum atomic E-state index is -3.23. The molecule has 0 aliphatic carbocycles. The van der Waals surface area contributed by atoms with E-state index in [0.717, 1.165) is 31.6 Å². The molecule has 3 rings (SSSR count). The summed E-state index contributed by atoms with van der Waals surface area (Å²) in [6, 6.07) is 6.58. The second-order valence-corrected chi connectivity index (χ2v) is 9.95. The first-order valence-corrected chi connectivity index (χ1v) is 11.9. The van der Waals surface area contributed by atoms with Gasteiger partial charge in [0.15, 0.2) is 0 Å². The Balaban J connectivity index is 1.76. The highest BCUT2D eigenvalue weighted by Gasteiger charge is 2.38. The van der Waals surface area contributed by atoms with Crippen LogP contribution in [0.4, 0.5) is 0 Å². The summed E-state index contributed by atoms with van der Waals surface area (Å²) < 4.78 is 23.5. The topological polar surface area (TPSA) is 78.0 Å². The van der Waals surface area contributed by atoms with E-state index >= 15 is 0 Å². The van der Waals surface area contributed by atoms with Gasteiger partial charge in [-0.3, -0.25) is 14.5 Å². The molecule has 0 N–H and O–H groups in total. The van der Waals surface area contributed by atoms with Gasteiger partial charge in [-0.1, -0.05) is 25.1 Å². The normalized spacial score (nSPS) is 19.0. The Kier molecular flexibility index (Phi) is 6.40. The van der Waals surface area contributed by atoms with E-state index < -0.39 is 15.9 Å². The molecular weight excluding hydrogens is 378 g/mol. The average molecular weight is 408 g/mol. The number of piperazine rings is 1. The van der Waals surface area contributed by atoms with Crippen molar-refractivity contribution in [1.82, 2.24) is 14.7 Å². The summed E-state index contributed by atoms with van der Waals surface area (Å²) in [5.74, 6) is -0.438. The van der Waals surface area contributed by atoms with Gasteiger partial charge in [-0.25, -0.2) is 8.42 Å². The van der Waals surface area contributed by atoms with E-state index in [1.165, 1.54) is 6.26 Å². The van der Waals surface area contributed by atoms with E-state index in [2.05, 4.69) is 11.8 Å². The number of carbonyl (C=O) groups excluding carboxylic acids is 2. The van der Waals surface area contributed by atoms with Crippen LogP contribution in [0.2, 0.25) is 0 Å².